The third kappa shape index (κ3) is 2.91. The molecule has 0 aliphatic carbocycles. The standard InChI is InChI=1S/C16H17ClN4/c1-11(2)18-9-14-12(17)7-8-16(20-14)21-10-19-13-5-3-4-6-15(13)21/h3-8,10-11,18H,9H2,1-2H3. The maximum absolute atomic E-state index is 6.23. The van der Waals surface area contributed by atoms with E-state index in [1.54, 1.807) is 6.33 Å². The van der Waals surface area contributed by atoms with E-state index in [2.05, 4.69) is 29.1 Å². The lowest BCUT2D eigenvalue weighted by Gasteiger charge is -2.11. The molecule has 0 radical (unpaired) electrons. The summed E-state index contributed by atoms with van der Waals surface area (Å²) < 4.78 is 1.98. The molecule has 4 nitrogen and oxygen atoms in total. The molecule has 0 spiro atoms. The third-order valence-corrected chi connectivity index (χ3v) is 3.63. The van der Waals surface area contributed by atoms with E-state index < -0.39 is 0 Å². The van der Waals surface area contributed by atoms with Gasteiger partial charge in [0.25, 0.3) is 0 Å². The van der Waals surface area contributed by atoms with Gasteiger partial charge in [-0.05, 0) is 24.3 Å². The van der Waals surface area contributed by atoms with Gasteiger partial charge in [0.2, 0.25) is 0 Å². The van der Waals surface area contributed by atoms with E-state index in [9.17, 15) is 0 Å². The molecule has 0 saturated carbocycles. The molecule has 0 saturated heterocycles. The molecule has 5 heteroatoms. The Kier molecular flexibility index (Phi) is 3.90. The van der Waals surface area contributed by atoms with Gasteiger partial charge in [-0.1, -0.05) is 37.6 Å². The van der Waals surface area contributed by atoms with Crippen molar-refractivity contribution >= 4 is 22.6 Å². The summed E-state index contributed by atoms with van der Waals surface area (Å²) in [6.45, 7) is 4.85. The van der Waals surface area contributed by atoms with E-state index in [0.29, 0.717) is 17.6 Å². The van der Waals surface area contributed by atoms with E-state index >= 15 is 0 Å². The zero-order valence-corrected chi connectivity index (χ0v) is 12.8. The lowest BCUT2D eigenvalue weighted by atomic mass is 10.3. The summed E-state index contributed by atoms with van der Waals surface area (Å²) >= 11 is 6.23. The fraction of sp³-hybridized carbons (Fsp3) is 0.250. The minimum absolute atomic E-state index is 0.389. The van der Waals surface area contributed by atoms with Crippen LogP contribution in [0.4, 0.5) is 0 Å². The first-order valence-corrected chi connectivity index (χ1v) is 7.34. The average molecular weight is 301 g/mol. The van der Waals surface area contributed by atoms with Crippen LogP contribution in [-0.4, -0.2) is 20.6 Å². The Balaban J connectivity index is 2.00. The van der Waals surface area contributed by atoms with Gasteiger partial charge in [-0.15, -0.1) is 0 Å². The van der Waals surface area contributed by atoms with Crippen molar-refractivity contribution in [1.29, 1.82) is 0 Å². The molecule has 0 bridgehead atoms. The Morgan fingerprint density at radius 1 is 1.19 bits per heavy atom. The highest BCUT2D eigenvalue weighted by molar-refractivity contribution is 6.31. The molecule has 3 rings (SSSR count). The maximum Gasteiger partial charge on any atom is 0.138 e. The molecule has 0 aliphatic rings. The average Bonchev–Trinajstić information content (AvgIpc) is 2.90. The minimum Gasteiger partial charge on any atom is -0.309 e. The monoisotopic (exact) mass is 300 g/mol. The second-order valence-corrected chi connectivity index (χ2v) is 5.64. The lowest BCUT2D eigenvalue weighted by molar-refractivity contribution is 0.581. The number of aromatic nitrogens is 3. The van der Waals surface area contributed by atoms with Crippen LogP contribution in [0.3, 0.4) is 0 Å². The summed E-state index contributed by atoms with van der Waals surface area (Å²) in [5.41, 5.74) is 2.84. The second-order valence-electron chi connectivity index (χ2n) is 5.24. The molecule has 2 aromatic heterocycles. The highest BCUT2D eigenvalue weighted by atomic mass is 35.5. The molecule has 0 amide bonds. The van der Waals surface area contributed by atoms with Crippen LogP contribution >= 0.6 is 11.6 Å². The molecule has 2 heterocycles. The lowest BCUT2D eigenvalue weighted by Crippen LogP contribution is -2.22. The molecule has 0 atom stereocenters. The minimum atomic E-state index is 0.389. The number of imidazole rings is 1. The number of rotatable bonds is 4. The van der Waals surface area contributed by atoms with Crippen molar-refractivity contribution in [1.82, 2.24) is 19.9 Å². The zero-order chi connectivity index (χ0) is 14.8. The molecular formula is C16H17ClN4. The zero-order valence-electron chi connectivity index (χ0n) is 12.0. The first-order chi connectivity index (χ1) is 10.1. The molecule has 21 heavy (non-hydrogen) atoms. The summed E-state index contributed by atoms with van der Waals surface area (Å²) in [6.07, 6.45) is 1.79. The van der Waals surface area contributed by atoms with Crippen LogP contribution in [0.2, 0.25) is 5.02 Å². The van der Waals surface area contributed by atoms with Crippen LogP contribution in [0.1, 0.15) is 19.5 Å². The summed E-state index contributed by atoms with van der Waals surface area (Å²) in [4.78, 5) is 9.06. The van der Waals surface area contributed by atoms with Crippen molar-refractivity contribution in [3.8, 4) is 5.82 Å². The summed E-state index contributed by atoms with van der Waals surface area (Å²) in [5, 5.41) is 4.02. The first kappa shape index (κ1) is 14.0. The van der Waals surface area contributed by atoms with Crippen molar-refractivity contribution < 1.29 is 0 Å². The number of nitrogens with one attached hydrogen (secondary N) is 1. The molecular weight excluding hydrogens is 284 g/mol. The fourth-order valence-electron chi connectivity index (χ4n) is 2.17. The third-order valence-electron chi connectivity index (χ3n) is 3.28. The van der Waals surface area contributed by atoms with Gasteiger partial charge in [0.05, 0.1) is 21.7 Å². The molecule has 0 unspecified atom stereocenters. The van der Waals surface area contributed by atoms with E-state index in [0.717, 1.165) is 22.5 Å². The number of hydrogen-bond acceptors (Lipinski definition) is 3. The Labute approximate surface area is 128 Å². The molecule has 3 aromatic rings. The van der Waals surface area contributed by atoms with Crippen LogP contribution < -0.4 is 5.32 Å². The number of fused-ring (bicyclic) bond motifs is 1. The number of benzene rings is 1. The Bertz CT molecular complexity index is 764. The summed E-state index contributed by atoms with van der Waals surface area (Å²) in [7, 11) is 0. The van der Waals surface area contributed by atoms with E-state index in [1.165, 1.54) is 0 Å². The van der Waals surface area contributed by atoms with Crippen molar-refractivity contribution in [2.45, 2.75) is 26.4 Å². The van der Waals surface area contributed by atoms with Gasteiger partial charge < -0.3 is 5.32 Å². The topological polar surface area (TPSA) is 42.7 Å². The van der Waals surface area contributed by atoms with Crippen molar-refractivity contribution in [2.24, 2.45) is 0 Å². The highest BCUT2D eigenvalue weighted by Crippen LogP contribution is 2.20. The molecule has 108 valence electrons. The van der Waals surface area contributed by atoms with Crippen LogP contribution in [0, 0.1) is 0 Å². The first-order valence-electron chi connectivity index (χ1n) is 6.96. The SMILES string of the molecule is CC(C)NCc1nc(-n2cnc3ccccc32)ccc1Cl. The van der Waals surface area contributed by atoms with E-state index in [-0.39, 0.29) is 0 Å². The Morgan fingerprint density at radius 3 is 2.81 bits per heavy atom. The van der Waals surface area contributed by atoms with Crippen LogP contribution in [0.5, 0.6) is 0 Å². The van der Waals surface area contributed by atoms with Crippen molar-refractivity contribution in [2.75, 3.05) is 0 Å². The van der Waals surface area contributed by atoms with Gasteiger partial charge in [0.15, 0.2) is 0 Å². The van der Waals surface area contributed by atoms with Gasteiger partial charge in [-0.3, -0.25) is 4.57 Å². The fourth-order valence-corrected chi connectivity index (χ4v) is 2.35. The predicted molar refractivity (Wildman–Crippen MR) is 85.9 cm³/mol. The van der Waals surface area contributed by atoms with E-state index in [1.807, 2.05) is 41.0 Å². The van der Waals surface area contributed by atoms with Gasteiger partial charge in [-0.2, -0.15) is 0 Å². The van der Waals surface area contributed by atoms with Crippen molar-refractivity contribution in [3.05, 3.63) is 53.4 Å². The second kappa shape index (κ2) is 5.84. The van der Waals surface area contributed by atoms with Crippen LogP contribution in [0.25, 0.3) is 16.9 Å². The highest BCUT2D eigenvalue weighted by Gasteiger charge is 2.09. The maximum atomic E-state index is 6.23. The van der Waals surface area contributed by atoms with Gasteiger partial charge in [0, 0.05) is 12.6 Å². The van der Waals surface area contributed by atoms with Gasteiger partial charge in [0.1, 0.15) is 12.1 Å². The summed E-state index contributed by atoms with van der Waals surface area (Å²) in [6, 6.07) is 12.2. The molecule has 0 fully saturated rings. The Morgan fingerprint density at radius 2 is 2.00 bits per heavy atom. The van der Waals surface area contributed by atoms with Crippen LogP contribution in [0.15, 0.2) is 42.7 Å². The van der Waals surface area contributed by atoms with Gasteiger partial charge >= 0.3 is 0 Å². The number of nitrogens with zero attached hydrogens (tertiary/aromatic N) is 3. The van der Waals surface area contributed by atoms with Crippen LogP contribution in [-0.2, 0) is 6.54 Å². The molecule has 0 aliphatic heterocycles. The number of hydrogen-bond donors (Lipinski definition) is 1. The quantitative estimate of drug-likeness (QED) is 0.801. The largest absolute Gasteiger partial charge is 0.309 e. The number of halogens is 1. The smallest absolute Gasteiger partial charge is 0.138 e. The molecule has 1 N–H and O–H groups in total. The predicted octanol–water partition coefficient (Wildman–Crippen LogP) is 3.57. The van der Waals surface area contributed by atoms with Crippen molar-refractivity contribution in [3.63, 3.8) is 0 Å². The van der Waals surface area contributed by atoms with E-state index in [4.69, 9.17) is 11.6 Å². The Hall–Kier alpha value is -1.91. The number of pyridine rings is 1. The van der Waals surface area contributed by atoms with Gasteiger partial charge in [-0.25, -0.2) is 9.97 Å². The number of para-hydroxylation sites is 2. The summed E-state index contributed by atoms with van der Waals surface area (Å²) in [5.74, 6) is 0.827. The molecule has 1 aromatic carbocycles. The normalized spacial score (nSPS) is 11.4.